The molecule has 6 atom stereocenters. The number of rotatable bonds is 16. The lowest BCUT2D eigenvalue weighted by Gasteiger charge is -2.41. The summed E-state index contributed by atoms with van der Waals surface area (Å²) in [6.45, 7) is 6.46. The molecule has 1 fully saturated rings. The molecular formula is C38H51IN2O9. The third-order valence-corrected chi connectivity index (χ3v) is 10.5. The summed E-state index contributed by atoms with van der Waals surface area (Å²) in [6.07, 6.45) is 3.45. The van der Waals surface area contributed by atoms with Gasteiger partial charge in [0.15, 0.2) is 11.5 Å². The molecule has 0 heterocycles. The minimum atomic E-state index is -1.25. The van der Waals surface area contributed by atoms with Crippen LogP contribution in [0.1, 0.15) is 62.4 Å². The molecule has 50 heavy (non-hydrogen) atoms. The monoisotopic (exact) mass is 806 g/mol. The first-order chi connectivity index (χ1) is 24.0. The van der Waals surface area contributed by atoms with Crippen molar-refractivity contribution in [2.24, 2.45) is 17.8 Å². The number of aliphatic hydroxyl groups excluding tert-OH is 2. The molecule has 0 unspecified atom stereocenters. The number of carbonyl (C=O) groups excluding carboxylic acids is 3. The minimum Gasteiger partial charge on any atom is -0.497 e. The van der Waals surface area contributed by atoms with Gasteiger partial charge in [-0.25, -0.2) is 0 Å². The van der Waals surface area contributed by atoms with Crippen LogP contribution in [0.5, 0.6) is 17.2 Å². The zero-order chi connectivity index (χ0) is 36.4. The fourth-order valence-corrected chi connectivity index (χ4v) is 7.71. The van der Waals surface area contributed by atoms with Crippen LogP contribution in [-0.2, 0) is 20.7 Å². The summed E-state index contributed by atoms with van der Waals surface area (Å²) in [6, 6.07) is 9.91. The van der Waals surface area contributed by atoms with Gasteiger partial charge in [0.25, 0.3) is 0 Å². The number of aldehydes is 1. The van der Waals surface area contributed by atoms with Crippen LogP contribution in [0.2, 0.25) is 0 Å². The van der Waals surface area contributed by atoms with E-state index in [0.717, 1.165) is 24.8 Å². The van der Waals surface area contributed by atoms with Crippen molar-refractivity contribution in [2.45, 2.75) is 77.2 Å². The van der Waals surface area contributed by atoms with Gasteiger partial charge >= 0.3 is 0 Å². The second-order valence-electron chi connectivity index (χ2n) is 13.5. The number of carbonyl (C=O) groups is 3. The molecule has 0 radical (unpaired) electrons. The van der Waals surface area contributed by atoms with Crippen LogP contribution >= 0.6 is 22.6 Å². The van der Waals surface area contributed by atoms with Gasteiger partial charge in [-0.15, -0.1) is 0 Å². The smallest absolute Gasteiger partial charge is 0.248 e. The highest BCUT2D eigenvalue weighted by Gasteiger charge is 2.41. The molecule has 2 aromatic rings. The molecule has 3 N–H and O–H groups in total. The second kappa shape index (κ2) is 18.9. The van der Waals surface area contributed by atoms with E-state index in [9.17, 15) is 24.6 Å². The van der Waals surface area contributed by atoms with E-state index in [1.807, 2.05) is 46.9 Å². The minimum absolute atomic E-state index is 0.0386. The molecule has 12 heteroatoms. The molecule has 0 aromatic heterocycles. The largest absolute Gasteiger partial charge is 0.497 e. The number of methoxy groups -OCH3 is 2. The van der Waals surface area contributed by atoms with E-state index in [1.54, 1.807) is 24.2 Å². The lowest BCUT2D eigenvalue weighted by Crippen LogP contribution is -2.56. The zero-order valence-corrected chi connectivity index (χ0v) is 31.8. The average molecular weight is 807 g/mol. The highest BCUT2D eigenvalue weighted by molar-refractivity contribution is 14.1. The average Bonchev–Trinajstić information content (AvgIpc) is 3.11. The Kier molecular flexibility index (Phi) is 14.9. The van der Waals surface area contributed by atoms with Crippen molar-refractivity contribution in [1.29, 1.82) is 0 Å². The Morgan fingerprint density at radius 1 is 1.14 bits per heavy atom. The molecule has 11 nitrogen and oxygen atoms in total. The van der Waals surface area contributed by atoms with E-state index in [0.29, 0.717) is 56.7 Å². The molecule has 1 saturated carbocycles. The predicted molar refractivity (Wildman–Crippen MR) is 198 cm³/mol. The highest BCUT2D eigenvalue weighted by atomic mass is 127. The molecule has 0 aliphatic heterocycles. The van der Waals surface area contributed by atoms with Crippen LogP contribution < -0.4 is 19.5 Å². The standard InChI is InChI=1S/C38H51IN2O9/c1-23(2)29-10-9-24(3)15-32(29)49-22-35(44)41(13-11-25-7-6-8-28(16-25)47-4)31-19-27(38(46)40-12-14-42)20-33(36(31)45)50-37-30(39)17-26(21-43)18-34(37)48-5/h6-8,16-18,20-21,23-24,29,31-33,36,42,45H,9-15,19,22H2,1-5H3,(H,40,46)/t24-,29+,31+,32-,33-,36-/m0/s1. The fraction of sp³-hybridized carbons (Fsp3) is 0.553. The number of nitrogens with one attached hydrogen (secondary N) is 1. The van der Waals surface area contributed by atoms with Crippen LogP contribution in [0.4, 0.5) is 0 Å². The summed E-state index contributed by atoms with van der Waals surface area (Å²) in [4.78, 5) is 40.8. The van der Waals surface area contributed by atoms with Crippen molar-refractivity contribution in [2.75, 3.05) is 40.5 Å². The quantitative estimate of drug-likeness (QED) is 0.164. The second-order valence-corrected chi connectivity index (χ2v) is 14.7. The molecule has 0 bridgehead atoms. The lowest BCUT2D eigenvalue weighted by molar-refractivity contribution is -0.148. The van der Waals surface area contributed by atoms with E-state index in [4.69, 9.17) is 18.9 Å². The van der Waals surface area contributed by atoms with Gasteiger partial charge < -0.3 is 39.4 Å². The van der Waals surface area contributed by atoms with Crippen LogP contribution in [0.25, 0.3) is 0 Å². The summed E-state index contributed by atoms with van der Waals surface area (Å²) >= 11 is 2.03. The van der Waals surface area contributed by atoms with Crippen molar-refractivity contribution >= 4 is 40.7 Å². The summed E-state index contributed by atoms with van der Waals surface area (Å²) < 4.78 is 24.3. The lowest BCUT2D eigenvalue weighted by atomic mass is 9.75. The molecule has 2 amide bonds. The van der Waals surface area contributed by atoms with Gasteiger partial charge in [0.2, 0.25) is 11.8 Å². The summed E-state index contributed by atoms with van der Waals surface area (Å²) in [5.41, 5.74) is 1.63. The SMILES string of the molecule is COc1cccc(CCN(C(=O)CO[C@H]2C[C@@H](C)CC[C@@H]2C(C)C)[C@@H]2CC(C(=O)NCCO)=C[C@H](Oc3c(I)cc(C=O)cc3OC)[C@H]2O)c1. The highest BCUT2D eigenvalue weighted by Crippen LogP contribution is 2.38. The first-order valence-electron chi connectivity index (χ1n) is 17.3. The number of ether oxygens (including phenoxy) is 4. The zero-order valence-electron chi connectivity index (χ0n) is 29.6. The molecular weight excluding hydrogens is 755 g/mol. The Balaban J connectivity index is 1.68. The third-order valence-electron chi connectivity index (χ3n) is 9.73. The molecule has 274 valence electrons. The number of halogens is 1. The van der Waals surface area contributed by atoms with Gasteiger partial charge in [-0.3, -0.25) is 14.4 Å². The Bertz CT molecular complexity index is 1500. The van der Waals surface area contributed by atoms with Gasteiger partial charge in [-0.1, -0.05) is 39.3 Å². The maximum atomic E-state index is 14.3. The van der Waals surface area contributed by atoms with E-state index < -0.39 is 24.2 Å². The topological polar surface area (TPSA) is 144 Å². The predicted octanol–water partition coefficient (Wildman–Crippen LogP) is 4.59. The Morgan fingerprint density at radius 3 is 2.60 bits per heavy atom. The number of amides is 2. The summed E-state index contributed by atoms with van der Waals surface area (Å²) in [7, 11) is 3.05. The number of nitrogens with zero attached hydrogens (tertiary/aromatic N) is 1. The Morgan fingerprint density at radius 2 is 1.92 bits per heavy atom. The van der Waals surface area contributed by atoms with E-state index in [-0.39, 0.29) is 50.5 Å². The van der Waals surface area contributed by atoms with Gasteiger partial charge in [-0.2, -0.15) is 0 Å². The van der Waals surface area contributed by atoms with Gasteiger partial charge in [0.05, 0.1) is 36.5 Å². The van der Waals surface area contributed by atoms with Crippen molar-refractivity contribution in [3.05, 3.63) is 62.7 Å². The van der Waals surface area contributed by atoms with Crippen LogP contribution in [0, 0.1) is 21.3 Å². The molecule has 2 aliphatic carbocycles. The van der Waals surface area contributed by atoms with Crippen LogP contribution in [0.15, 0.2) is 48.0 Å². The van der Waals surface area contributed by atoms with Crippen molar-refractivity contribution < 1.29 is 43.5 Å². The van der Waals surface area contributed by atoms with Crippen molar-refractivity contribution in [3.8, 4) is 17.2 Å². The van der Waals surface area contributed by atoms with Crippen molar-refractivity contribution in [1.82, 2.24) is 10.2 Å². The van der Waals surface area contributed by atoms with Crippen molar-refractivity contribution in [3.63, 3.8) is 0 Å². The number of hydrogen-bond donors (Lipinski definition) is 3. The molecule has 2 aliphatic rings. The normalized spacial score (nSPS) is 23.5. The van der Waals surface area contributed by atoms with Crippen LogP contribution in [0.3, 0.4) is 0 Å². The van der Waals surface area contributed by atoms with E-state index in [1.165, 1.54) is 13.2 Å². The Labute approximate surface area is 308 Å². The maximum absolute atomic E-state index is 14.3. The fourth-order valence-electron chi connectivity index (χ4n) is 6.96. The van der Waals surface area contributed by atoms with Gasteiger partial charge in [0.1, 0.15) is 30.9 Å². The number of hydrogen-bond acceptors (Lipinski definition) is 9. The molecule has 4 rings (SSSR count). The molecule has 0 spiro atoms. The Hall–Kier alpha value is -3.20. The molecule has 0 saturated heterocycles. The van der Waals surface area contributed by atoms with E-state index in [2.05, 4.69) is 26.1 Å². The first-order valence-corrected chi connectivity index (χ1v) is 18.4. The van der Waals surface area contributed by atoms with Gasteiger partial charge in [0, 0.05) is 30.6 Å². The molecule has 2 aromatic carbocycles. The van der Waals surface area contributed by atoms with E-state index >= 15 is 0 Å². The van der Waals surface area contributed by atoms with Gasteiger partial charge in [-0.05, 0) is 95.5 Å². The summed E-state index contributed by atoms with van der Waals surface area (Å²) in [5.74, 6) is 1.79. The summed E-state index contributed by atoms with van der Waals surface area (Å²) in [5, 5.41) is 24.1. The number of benzene rings is 2. The van der Waals surface area contributed by atoms with Crippen LogP contribution in [-0.4, -0.2) is 98.1 Å². The number of aliphatic hydroxyl groups is 2. The first kappa shape index (κ1) is 39.6. The maximum Gasteiger partial charge on any atom is 0.248 e. The third kappa shape index (κ3) is 10.2.